The molecule has 4 heteroatoms. The molecule has 1 aliphatic rings. The van der Waals surface area contributed by atoms with E-state index in [-0.39, 0.29) is 0 Å². The van der Waals surface area contributed by atoms with Crippen LogP contribution in [0.25, 0.3) is 11.0 Å². The topological polar surface area (TPSA) is 52.7 Å². The first-order valence-electron chi connectivity index (χ1n) is 3.88. The summed E-state index contributed by atoms with van der Waals surface area (Å²) >= 11 is 0. The van der Waals surface area contributed by atoms with Crippen molar-refractivity contribution in [1.29, 1.82) is 0 Å². The summed E-state index contributed by atoms with van der Waals surface area (Å²) in [7, 11) is 0. The second kappa shape index (κ2) is 1.91. The van der Waals surface area contributed by atoms with Gasteiger partial charge in [-0.2, -0.15) is 0 Å². The van der Waals surface area contributed by atoms with Crippen LogP contribution < -0.4 is 10.6 Å². The van der Waals surface area contributed by atoms with Crippen molar-refractivity contribution >= 4 is 22.4 Å². The number of nitrogens with zero attached hydrogens (tertiary/aromatic N) is 1. The van der Waals surface area contributed by atoms with E-state index in [0.717, 1.165) is 29.1 Å². The molecule has 2 aromatic rings. The number of imidazole rings is 1. The van der Waals surface area contributed by atoms with E-state index in [1.54, 1.807) is 6.33 Å². The normalized spacial score (nSPS) is 14.0. The fraction of sp³-hybridized carbons (Fsp3) is 0.125. The highest BCUT2D eigenvalue weighted by Gasteiger charge is 2.10. The van der Waals surface area contributed by atoms with Crippen molar-refractivity contribution in [2.75, 3.05) is 17.3 Å². The van der Waals surface area contributed by atoms with Gasteiger partial charge in [-0.3, -0.25) is 0 Å². The van der Waals surface area contributed by atoms with Gasteiger partial charge < -0.3 is 15.6 Å². The Balaban J connectivity index is 2.38. The number of fused-ring (bicyclic) bond motifs is 2. The molecular formula is C8H8N4. The third kappa shape index (κ3) is 0.637. The molecule has 0 unspecified atom stereocenters. The summed E-state index contributed by atoms with van der Waals surface area (Å²) in [6.45, 7) is 0.807. The summed E-state index contributed by atoms with van der Waals surface area (Å²) in [6, 6.07) is 4.11. The number of benzene rings is 1. The molecule has 0 atom stereocenters. The van der Waals surface area contributed by atoms with Gasteiger partial charge in [0.25, 0.3) is 0 Å². The van der Waals surface area contributed by atoms with Crippen LogP contribution in [0.15, 0.2) is 18.5 Å². The van der Waals surface area contributed by atoms with Crippen LogP contribution in [-0.4, -0.2) is 16.6 Å². The number of rotatable bonds is 0. The summed E-state index contributed by atoms with van der Waals surface area (Å²) in [5, 5.41) is 6.44. The van der Waals surface area contributed by atoms with Crippen LogP contribution in [-0.2, 0) is 0 Å². The fourth-order valence-corrected chi connectivity index (χ4v) is 1.51. The van der Waals surface area contributed by atoms with E-state index in [0.29, 0.717) is 0 Å². The SMILES string of the molecule is c1nc2cc3c(cc2[nH]1)NCN3. The van der Waals surface area contributed by atoms with Crippen LogP contribution in [0.2, 0.25) is 0 Å². The summed E-state index contributed by atoms with van der Waals surface area (Å²) < 4.78 is 0. The summed E-state index contributed by atoms with van der Waals surface area (Å²) in [5.41, 5.74) is 4.36. The molecule has 2 heterocycles. The Morgan fingerprint density at radius 2 is 2.00 bits per heavy atom. The Labute approximate surface area is 69.0 Å². The van der Waals surface area contributed by atoms with Crippen molar-refractivity contribution in [2.45, 2.75) is 0 Å². The van der Waals surface area contributed by atoms with Crippen LogP contribution in [0.3, 0.4) is 0 Å². The Hall–Kier alpha value is -1.71. The van der Waals surface area contributed by atoms with Crippen molar-refractivity contribution in [3.05, 3.63) is 18.5 Å². The lowest BCUT2D eigenvalue weighted by Gasteiger charge is -1.96. The summed E-state index contributed by atoms with van der Waals surface area (Å²) in [4.78, 5) is 7.24. The average molecular weight is 160 g/mol. The molecule has 1 aliphatic heterocycles. The molecule has 1 aromatic heterocycles. The van der Waals surface area contributed by atoms with Crippen LogP contribution in [0.1, 0.15) is 0 Å². The molecular weight excluding hydrogens is 152 g/mol. The van der Waals surface area contributed by atoms with Crippen molar-refractivity contribution in [3.63, 3.8) is 0 Å². The summed E-state index contributed by atoms with van der Waals surface area (Å²) in [6.07, 6.45) is 1.71. The Kier molecular flexibility index (Phi) is 0.935. The van der Waals surface area contributed by atoms with E-state index in [2.05, 4.69) is 26.7 Å². The van der Waals surface area contributed by atoms with Gasteiger partial charge in [-0.05, 0) is 12.1 Å². The molecule has 0 fully saturated rings. The van der Waals surface area contributed by atoms with Gasteiger partial charge in [-0.15, -0.1) is 0 Å². The molecule has 0 saturated heterocycles. The van der Waals surface area contributed by atoms with Crippen molar-refractivity contribution in [1.82, 2.24) is 9.97 Å². The Morgan fingerprint density at radius 3 is 2.92 bits per heavy atom. The van der Waals surface area contributed by atoms with Crippen LogP contribution in [0.4, 0.5) is 11.4 Å². The maximum atomic E-state index is 4.17. The molecule has 4 nitrogen and oxygen atoms in total. The van der Waals surface area contributed by atoms with Crippen LogP contribution >= 0.6 is 0 Å². The number of nitrogens with one attached hydrogen (secondary N) is 3. The van der Waals surface area contributed by atoms with E-state index >= 15 is 0 Å². The maximum absolute atomic E-state index is 4.17. The standard InChI is InChI=1S/C8H8N4/c1-5-7(11-3-9-5)2-8-6(1)10-4-12-8/h1-3,10,12H,4H2,(H,9,11). The average Bonchev–Trinajstić information content (AvgIpc) is 2.64. The molecule has 60 valence electrons. The van der Waals surface area contributed by atoms with E-state index in [1.807, 2.05) is 6.07 Å². The largest absolute Gasteiger partial charge is 0.366 e. The maximum Gasteiger partial charge on any atom is 0.0931 e. The minimum absolute atomic E-state index is 0.807. The predicted molar refractivity (Wildman–Crippen MR) is 48.2 cm³/mol. The Bertz CT molecular complexity index is 394. The summed E-state index contributed by atoms with van der Waals surface area (Å²) in [5.74, 6) is 0. The minimum Gasteiger partial charge on any atom is -0.366 e. The highest BCUT2D eigenvalue weighted by atomic mass is 15.1. The second-order valence-electron chi connectivity index (χ2n) is 2.85. The van der Waals surface area contributed by atoms with Gasteiger partial charge in [0.1, 0.15) is 0 Å². The van der Waals surface area contributed by atoms with Gasteiger partial charge in [-0.1, -0.05) is 0 Å². The van der Waals surface area contributed by atoms with Crippen LogP contribution in [0, 0.1) is 0 Å². The van der Waals surface area contributed by atoms with E-state index < -0.39 is 0 Å². The predicted octanol–water partition coefficient (Wildman–Crippen LogP) is 1.36. The molecule has 0 aliphatic carbocycles. The number of hydrogen-bond acceptors (Lipinski definition) is 3. The van der Waals surface area contributed by atoms with Crippen LogP contribution in [0.5, 0.6) is 0 Å². The third-order valence-electron chi connectivity index (χ3n) is 2.12. The fourth-order valence-electron chi connectivity index (χ4n) is 1.51. The molecule has 1 aromatic carbocycles. The van der Waals surface area contributed by atoms with E-state index in [1.165, 1.54) is 0 Å². The monoisotopic (exact) mass is 160 g/mol. The first-order chi connectivity index (χ1) is 5.93. The highest BCUT2D eigenvalue weighted by Crippen LogP contribution is 2.29. The van der Waals surface area contributed by atoms with E-state index in [9.17, 15) is 0 Å². The third-order valence-corrected chi connectivity index (χ3v) is 2.12. The van der Waals surface area contributed by atoms with Gasteiger partial charge >= 0.3 is 0 Å². The lowest BCUT2D eigenvalue weighted by Crippen LogP contribution is -1.98. The number of hydrogen-bond donors (Lipinski definition) is 3. The number of anilines is 2. The molecule has 0 amide bonds. The van der Waals surface area contributed by atoms with E-state index in [4.69, 9.17) is 0 Å². The lowest BCUT2D eigenvalue weighted by atomic mass is 10.2. The van der Waals surface area contributed by atoms with Crippen molar-refractivity contribution in [3.8, 4) is 0 Å². The molecule has 0 radical (unpaired) electrons. The first-order valence-corrected chi connectivity index (χ1v) is 3.88. The molecule has 0 saturated carbocycles. The van der Waals surface area contributed by atoms with Crippen molar-refractivity contribution < 1.29 is 0 Å². The minimum atomic E-state index is 0.807. The zero-order valence-corrected chi connectivity index (χ0v) is 6.39. The molecule has 3 N–H and O–H groups in total. The van der Waals surface area contributed by atoms with Gasteiger partial charge in [0, 0.05) is 0 Å². The zero-order chi connectivity index (χ0) is 7.97. The van der Waals surface area contributed by atoms with Gasteiger partial charge in [0.2, 0.25) is 0 Å². The molecule has 0 spiro atoms. The molecule has 12 heavy (non-hydrogen) atoms. The first kappa shape index (κ1) is 5.88. The Morgan fingerprint density at radius 1 is 1.17 bits per heavy atom. The smallest absolute Gasteiger partial charge is 0.0931 e. The molecule has 0 bridgehead atoms. The van der Waals surface area contributed by atoms with Crippen molar-refractivity contribution in [2.24, 2.45) is 0 Å². The lowest BCUT2D eigenvalue weighted by molar-refractivity contribution is 1.30. The van der Waals surface area contributed by atoms with Gasteiger partial charge in [-0.25, -0.2) is 4.98 Å². The molecule has 3 rings (SSSR count). The van der Waals surface area contributed by atoms with Gasteiger partial charge in [0.05, 0.1) is 35.4 Å². The van der Waals surface area contributed by atoms with Gasteiger partial charge in [0.15, 0.2) is 0 Å². The second-order valence-corrected chi connectivity index (χ2v) is 2.85. The highest BCUT2D eigenvalue weighted by molar-refractivity contribution is 5.89. The quantitative estimate of drug-likeness (QED) is 0.545. The zero-order valence-electron chi connectivity index (χ0n) is 6.39. The number of aromatic nitrogens is 2. The number of H-pyrrole nitrogens is 1. The number of aromatic amines is 1.